The van der Waals surface area contributed by atoms with Crippen LogP contribution in [0.4, 0.5) is 11.4 Å². The summed E-state index contributed by atoms with van der Waals surface area (Å²) in [6.07, 6.45) is 0. The van der Waals surface area contributed by atoms with Crippen LogP contribution in [-0.2, 0) is 9.59 Å². The maximum atomic E-state index is 12.2. The molecular weight excluding hydrogens is 328 g/mol. The minimum absolute atomic E-state index is 0.119. The zero-order chi connectivity index (χ0) is 18.7. The summed E-state index contributed by atoms with van der Waals surface area (Å²) in [4.78, 5) is 24.4. The van der Waals surface area contributed by atoms with Crippen molar-refractivity contribution in [3.05, 3.63) is 66.2 Å². The van der Waals surface area contributed by atoms with E-state index in [9.17, 15) is 14.7 Å². The van der Waals surface area contributed by atoms with Crippen molar-refractivity contribution in [1.82, 2.24) is 0 Å². The molecule has 0 fully saturated rings. The summed E-state index contributed by atoms with van der Waals surface area (Å²) in [5, 5.41) is 16.4. The van der Waals surface area contributed by atoms with Gasteiger partial charge in [-0.2, -0.15) is 0 Å². The molecule has 132 valence electrons. The second-order valence-electron chi connectivity index (χ2n) is 6.36. The number of hydrogen-bond acceptors (Lipinski definition) is 3. The third kappa shape index (κ3) is 3.67. The zero-order valence-electron chi connectivity index (χ0n) is 14.6. The number of hydrogen-bond donors (Lipinski definition) is 3. The molecule has 5 nitrogen and oxygen atoms in total. The average Bonchev–Trinajstić information content (AvgIpc) is 2.63. The van der Waals surface area contributed by atoms with E-state index in [1.807, 2.05) is 12.1 Å². The lowest BCUT2D eigenvalue weighted by Crippen LogP contribution is -2.29. The number of phenolic OH excluding ortho intramolecular Hbond substituents is 1. The monoisotopic (exact) mass is 348 g/mol. The van der Waals surface area contributed by atoms with E-state index >= 15 is 0 Å². The maximum Gasteiger partial charge on any atom is 0.314 e. The van der Waals surface area contributed by atoms with Gasteiger partial charge in [-0.3, -0.25) is 9.59 Å². The van der Waals surface area contributed by atoms with Gasteiger partial charge in [0, 0.05) is 22.1 Å². The van der Waals surface area contributed by atoms with E-state index in [0.717, 1.165) is 5.56 Å². The van der Waals surface area contributed by atoms with Gasteiger partial charge in [-0.15, -0.1) is 0 Å². The van der Waals surface area contributed by atoms with Crippen LogP contribution in [0.3, 0.4) is 0 Å². The van der Waals surface area contributed by atoms with E-state index < -0.39 is 11.8 Å². The Kier molecular flexibility index (Phi) is 4.89. The largest absolute Gasteiger partial charge is 0.507 e. The fourth-order valence-electron chi connectivity index (χ4n) is 2.72. The number of benzene rings is 3. The molecule has 3 rings (SSSR count). The molecule has 5 heteroatoms. The molecule has 3 N–H and O–H groups in total. The molecule has 0 spiro atoms. The third-order valence-corrected chi connectivity index (χ3v) is 4.19. The van der Waals surface area contributed by atoms with E-state index in [4.69, 9.17) is 0 Å². The van der Waals surface area contributed by atoms with Crippen LogP contribution in [0.2, 0.25) is 0 Å². The highest BCUT2D eigenvalue weighted by atomic mass is 16.3. The normalized spacial score (nSPS) is 10.7. The number of phenols is 1. The molecule has 0 unspecified atom stereocenters. The Hall–Kier alpha value is -3.34. The quantitative estimate of drug-likeness (QED) is 0.619. The number of fused-ring (bicyclic) bond motifs is 1. The number of amides is 2. The van der Waals surface area contributed by atoms with Crippen LogP contribution >= 0.6 is 0 Å². The minimum atomic E-state index is -0.770. The van der Waals surface area contributed by atoms with Crippen LogP contribution in [0, 0.1) is 0 Å². The Morgan fingerprint density at radius 1 is 0.808 bits per heavy atom. The molecule has 0 aliphatic rings. The van der Waals surface area contributed by atoms with Crippen LogP contribution in [0.15, 0.2) is 60.7 Å². The summed E-state index contributed by atoms with van der Waals surface area (Å²) < 4.78 is 0. The first-order valence-electron chi connectivity index (χ1n) is 8.38. The summed E-state index contributed by atoms with van der Waals surface area (Å²) in [5.74, 6) is -1.01. The summed E-state index contributed by atoms with van der Waals surface area (Å²) in [6.45, 7) is 4.17. The fourth-order valence-corrected chi connectivity index (χ4v) is 2.72. The number of carbonyl (C=O) groups is 2. The van der Waals surface area contributed by atoms with Crippen LogP contribution in [0.1, 0.15) is 25.3 Å². The maximum absolute atomic E-state index is 12.2. The molecule has 3 aromatic carbocycles. The number of carbonyl (C=O) groups excluding carboxylic acids is 2. The average molecular weight is 348 g/mol. The molecule has 2 amide bonds. The molecule has 0 heterocycles. The standard InChI is InChI=1S/C21H20N2O3/c1-13(2)14-9-11-15(12-10-14)22-20(25)21(26)23-18-7-3-6-17-16(18)5-4-8-19(17)24/h3-13,24H,1-2H3,(H,22,25)(H,23,26). The number of rotatable bonds is 3. The van der Waals surface area contributed by atoms with E-state index in [1.165, 1.54) is 0 Å². The smallest absolute Gasteiger partial charge is 0.314 e. The molecule has 3 aromatic rings. The molecule has 0 aliphatic heterocycles. The zero-order valence-corrected chi connectivity index (χ0v) is 14.6. The van der Waals surface area contributed by atoms with Crippen LogP contribution in [0.25, 0.3) is 10.8 Å². The van der Waals surface area contributed by atoms with Gasteiger partial charge >= 0.3 is 11.8 Å². The molecule has 0 aliphatic carbocycles. The molecule has 26 heavy (non-hydrogen) atoms. The molecule has 0 radical (unpaired) electrons. The Labute approximate surface area is 151 Å². The topological polar surface area (TPSA) is 78.4 Å². The predicted molar refractivity (Wildman–Crippen MR) is 103 cm³/mol. The molecule has 0 bridgehead atoms. The van der Waals surface area contributed by atoms with Gasteiger partial charge in [0.2, 0.25) is 0 Å². The number of anilines is 2. The van der Waals surface area contributed by atoms with Gasteiger partial charge in [0.05, 0.1) is 0 Å². The third-order valence-electron chi connectivity index (χ3n) is 4.19. The van der Waals surface area contributed by atoms with Crippen molar-refractivity contribution in [1.29, 1.82) is 0 Å². The minimum Gasteiger partial charge on any atom is -0.507 e. The van der Waals surface area contributed by atoms with Crippen molar-refractivity contribution in [2.45, 2.75) is 19.8 Å². The first kappa shape index (κ1) is 17.5. The SMILES string of the molecule is CC(C)c1ccc(NC(=O)C(=O)Nc2cccc3c(O)cccc23)cc1. The number of nitrogens with one attached hydrogen (secondary N) is 2. The van der Waals surface area contributed by atoms with Crippen molar-refractivity contribution in [3.63, 3.8) is 0 Å². The molecule has 0 saturated carbocycles. The molecule has 0 atom stereocenters. The van der Waals surface area contributed by atoms with E-state index in [1.54, 1.807) is 48.5 Å². The Morgan fingerprint density at radius 3 is 2.12 bits per heavy atom. The van der Waals surface area contributed by atoms with Crippen LogP contribution < -0.4 is 10.6 Å². The van der Waals surface area contributed by atoms with E-state index in [2.05, 4.69) is 24.5 Å². The summed E-state index contributed by atoms with van der Waals surface area (Å²) in [6, 6.07) is 17.6. The van der Waals surface area contributed by atoms with Crippen LogP contribution in [0.5, 0.6) is 5.75 Å². The second kappa shape index (κ2) is 7.27. The second-order valence-corrected chi connectivity index (χ2v) is 6.36. The van der Waals surface area contributed by atoms with Crippen molar-refractivity contribution < 1.29 is 14.7 Å². The Balaban J connectivity index is 1.74. The van der Waals surface area contributed by atoms with E-state index in [0.29, 0.717) is 28.1 Å². The predicted octanol–water partition coefficient (Wildman–Crippen LogP) is 4.25. The van der Waals surface area contributed by atoms with Gasteiger partial charge in [0.25, 0.3) is 0 Å². The Morgan fingerprint density at radius 2 is 1.42 bits per heavy atom. The highest BCUT2D eigenvalue weighted by Gasteiger charge is 2.15. The van der Waals surface area contributed by atoms with Gasteiger partial charge in [-0.25, -0.2) is 0 Å². The van der Waals surface area contributed by atoms with Crippen molar-refractivity contribution in [2.75, 3.05) is 10.6 Å². The summed E-state index contributed by atoms with van der Waals surface area (Å²) in [7, 11) is 0. The van der Waals surface area contributed by atoms with Crippen molar-refractivity contribution >= 4 is 34.0 Å². The number of aromatic hydroxyl groups is 1. The summed E-state index contributed by atoms with van der Waals surface area (Å²) >= 11 is 0. The molecule has 0 saturated heterocycles. The van der Waals surface area contributed by atoms with Gasteiger partial charge < -0.3 is 15.7 Å². The lowest BCUT2D eigenvalue weighted by Gasteiger charge is -2.10. The van der Waals surface area contributed by atoms with Gasteiger partial charge in [0.1, 0.15) is 5.75 Å². The van der Waals surface area contributed by atoms with Gasteiger partial charge in [0.15, 0.2) is 0 Å². The molecular formula is C21H20N2O3. The fraction of sp³-hybridized carbons (Fsp3) is 0.143. The van der Waals surface area contributed by atoms with E-state index in [-0.39, 0.29) is 5.75 Å². The first-order chi connectivity index (χ1) is 12.5. The van der Waals surface area contributed by atoms with Gasteiger partial charge in [-0.05, 0) is 35.7 Å². The van der Waals surface area contributed by atoms with Gasteiger partial charge in [-0.1, -0.05) is 50.2 Å². The first-order valence-corrected chi connectivity index (χ1v) is 8.38. The van der Waals surface area contributed by atoms with Crippen molar-refractivity contribution in [2.24, 2.45) is 0 Å². The lowest BCUT2D eigenvalue weighted by molar-refractivity contribution is -0.132. The van der Waals surface area contributed by atoms with Crippen LogP contribution in [-0.4, -0.2) is 16.9 Å². The van der Waals surface area contributed by atoms with Crippen molar-refractivity contribution in [3.8, 4) is 5.75 Å². The Bertz CT molecular complexity index is 963. The highest BCUT2D eigenvalue weighted by Crippen LogP contribution is 2.29. The lowest BCUT2D eigenvalue weighted by atomic mass is 10.0. The highest BCUT2D eigenvalue weighted by molar-refractivity contribution is 6.44. The summed E-state index contributed by atoms with van der Waals surface area (Å²) in [5.41, 5.74) is 2.18. The molecule has 0 aromatic heterocycles.